The van der Waals surface area contributed by atoms with Crippen LogP contribution in [-0.2, 0) is 11.3 Å². The van der Waals surface area contributed by atoms with Gasteiger partial charge in [-0.15, -0.1) is 24.0 Å². The molecule has 0 aromatic heterocycles. The van der Waals surface area contributed by atoms with Crippen molar-refractivity contribution in [3.05, 3.63) is 35.9 Å². The van der Waals surface area contributed by atoms with Crippen molar-refractivity contribution in [2.24, 2.45) is 4.99 Å². The van der Waals surface area contributed by atoms with Crippen LogP contribution >= 0.6 is 24.0 Å². The predicted molar refractivity (Wildman–Crippen MR) is 111 cm³/mol. The third kappa shape index (κ3) is 7.36. The first-order valence-corrected chi connectivity index (χ1v) is 8.62. The molecule has 2 N–H and O–H groups in total. The van der Waals surface area contributed by atoms with E-state index >= 15 is 0 Å². The van der Waals surface area contributed by atoms with E-state index in [1.807, 2.05) is 0 Å². The summed E-state index contributed by atoms with van der Waals surface area (Å²) in [6, 6.07) is 11.2. The van der Waals surface area contributed by atoms with Crippen molar-refractivity contribution < 1.29 is 4.74 Å². The number of aliphatic imine (C=N–C) groups is 1. The molecule has 0 radical (unpaired) electrons. The van der Waals surface area contributed by atoms with E-state index in [0.717, 1.165) is 32.1 Å². The lowest BCUT2D eigenvalue weighted by Gasteiger charge is -2.23. The number of likely N-dealkylation sites (tertiary alicyclic amines) is 1. The molecule has 0 spiro atoms. The van der Waals surface area contributed by atoms with E-state index in [1.165, 1.54) is 24.9 Å². The fourth-order valence-electron chi connectivity index (χ4n) is 2.94. The van der Waals surface area contributed by atoms with Crippen LogP contribution in [0.15, 0.2) is 35.3 Å². The zero-order valence-electron chi connectivity index (χ0n) is 14.8. The Morgan fingerprint density at radius 3 is 2.79 bits per heavy atom. The number of nitrogens with one attached hydrogen (secondary N) is 2. The van der Waals surface area contributed by atoms with Crippen LogP contribution in [0.4, 0.5) is 0 Å². The summed E-state index contributed by atoms with van der Waals surface area (Å²) in [6.07, 6.45) is 2.49. The Balaban J connectivity index is 0.00000288. The van der Waals surface area contributed by atoms with Crippen molar-refractivity contribution in [1.82, 2.24) is 15.5 Å². The molecule has 2 rings (SSSR count). The molecular weight excluding hydrogens is 415 g/mol. The maximum Gasteiger partial charge on any atom is 0.191 e. The molecule has 6 heteroatoms. The van der Waals surface area contributed by atoms with Gasteiger partial charge in [-0.1, -0.05) is 30.3 Å². The van der Waals surface area contributed by atoms with Gasteiger partial charge in [0, 0.05) is 32.8 Å². The molecule has 1 aliphatic heterocycles. The van der Waals surface area contributed by atoms with E-state index in [1.54, 1.807) is 7.11 Å². The number of methoxy groups -OCH3 is 1. The third-order valence-electron chi connectivity index (χ3n) is 4.13. The smallest absolute Gasteiger partial charge is 0.191 e. The molecule has 1 atom stereocenters. The quantitative estimate of drug-likeness (QED) is 0.279. The van der Waals surface area contributed by atoms with Crippen LogP contribution in [0.2, 0.25) is 0 Å². The first-order valence-electron chi connectivity index (χ1n) is 8.62. The van der Waals surface area contributed by atoms with Crippen LogP contribution in [0.3, 0.4) is 0 Å². The summed E-state index contributed by atoms with van der Waals surface area (Å²) >= 11 is 0. The minimum Gasteiger partial charge on any atom is -0.383 e. The molecule has 1 unspecified atom stereocenters. The topological polar surface area (TPSA) is 48.9 Å². The number of rotatable bonds is 8. The highest BCUT2D eigenvalue weighted by atomic mass is 127. The van der Waals surface area contributed by atoms with Crippen molar-refractivity contribution in [3.8, 4) is 0 Å². The van der Waals surface area contributed by atoms with E-state index < -0.39 is 0 Å². The molecule has 0 amide bonds. The van der Waals surface area contributed by atoms with Crippen molar-refractivity contribution in [2.75, 3.05) is 39.9 Å². The normalized spacial score (nSPS) is 18.2. The summed E-state index contributed by atoms with van der Waals surface area (Å²) in [5, 5.41) is 6.60. The maximum atomic E-state index is 5.08. The summed E-state index contributed by atoms with van der Waals surface area (Å²) in [5.41, 5.74) is 1.38. The van der Waals surface area contributed by atoms with Crippen LogP contribution in [-0.4, -0.2) is 56.8 Å². The Morgan fingerprint density at radius 2 is 2.08 bits per heavy atom. The summed E-state index contributed by atoms with van der Waals surface area (Å²) in [7, 11) is 1.71. The van der Waals surface area contributed by atoms with Crippen molar-refractivity contribution >= 4 is 29.9 Å². The Morgan fingerprint density at radius 1 is 1.29 bits per heavy atom. The molecule has 1 saturated heterocycles. The van der Waals surface area contributed by atoms with E-state index in [4.69, 9.17) is 9.73 Å². The number of hydrogen-bond acceptors (Lipinski definition) is 3. The van der Waals surface area contributed by atoms with E-state index in [-0.39, 0.29) is 24.0 Å². The minimum atomic E-state index is 0. The van der Waals surface area contributed by atoms with Gasteiger partial charge in [0.2, 0.25) is 0 Å². The minimum absolute atomic E-state index is 0. The lowest BCUT2D eigenvalue weighted by Crippen LogP contribution is -2.40. The standard InChI is InChI=1S/C18H30N4O.HI/c1-3-19-18(20-11-13-23-2)21-14-17-10-7-12-22(17)15-16-8-5-4-6-9-16;/h4-6,8-9,17H,3,7,10-15H2,1-2H3,(H2,19,20,21);1H. The van der Waals surface area contributed by atoms with E-state index in [0.29, 0.717) is 12.6 Å². The van der Waals surface area contributed by atoms with Gasteiger partial charge in [0.1, 0.15) is 0 Å². The van der Waals surface area contributed by atoms with Crippen LogP contribution in [0, 0.1) is 0 Å². The van der Waals surface area contributed by atoms with Gasteiger partial charge in [-0.3, -0.25) is 9.89 Å². The van der Waals surface area contributed by atoms with Gasteiger partial charge in [0.05, 0.1) is 13.2 Å². The second-order valence-corrected chi connectivity index (χ2v) is 5.89. The molecule has 0 saturated carbocycles. The van der Waals surface area contributed by atoms with Crippen molar-refractivity contribution in [2.45, 2.75) is 32.4 Å². The Labute approximate surface area is 163 Å². The molecule has 1 aromatic rings. The zero-order chi connectivity index (χ0) is 16.3. The first kappa shape index (κ1) is 21.2. The van der Waals surface area contributed by atoms with Gasteiger partial charge in [0.15, 0.2) is 5.96 Å². The molecule has 0 aliphatic carbocycles. The highest BCUT2D eigenvalue weighted by Crippen LogP contribution is 2.20. The average molecular weight is 446 g/mol. The van der Waals surface area contributed by atoms with Gasteiger partial charge in [0.25, 0.3) is 0 Å². The molecule has 5 nitrogen and oxygen atoms in total. The fourth-order valence-corrected chi connectivity index (χ4v) is 2.94. The number of halogens is 1. The highest BCUT2D eigenvalue weighted by molar-refractivity contribution is 14.0. The first-order chi connectivity index (χ1) is 11.3. The molecule has 136 valence electrons. The summed E-state index contributed by atoms with van der Waals surface area (Å²) in [6.45, 7) is 7.46. The fraction of sp³-hybridized carbons (Fsp3) is 0.611. The monoisotopic (exact) mass is 446 g/mol. The van der Waals surface area contributed by atoms with Crippen LogP contribution < -0.4 is 10.6 Å². The summed E-state index contributed by atoms with van der Waals surface area (Å²) in [4.78, 5) is 7.31. The van der Waals surface area contributed by atoms with Crippen LogP contribution in [0.5, 0.6) is 0 Å². The Hall–Kier alpha value is -0.860. The van der Waals surface area contributed by atoms with Crippen LogP contribution in [0.1, 0.15) is 25.3 Å². The third-order valence-corrected chi connectivity index (χ3v) is 4.13. The molecule has 24 heavy (non-hydrogen) atoms. The van der Waals surface area contributed by atoms with E-state index in [2.05, 4.69) is 52.8 Å². The lowest BCUT2D eigenvalue weighted by molar-refractivity contribution is 0.203. The lowest BCUT2D eigenvalue weighted by atomic mass is 10.2. The largest absolute Gasteiger partial charge is 0.383 e. The molecule has 1 fully saturated rings. The summed E-state index contributed by atoms with van der Waals surface area (Å²) < 4.78 is 5.08. The Bertz CT molecular complexity index is 469. The second-order valence-electron chi connectivity index (χ2n) is 5.89. The molecule has 0 bridgehead atoms. The number of hydrogen-bond donors (Lipinski definition) is 2. The predicted octanol–water partition coefficient (Wildman–Crippen LogP) is 2.47. The number of nitrogens with zero attached hydrogens (tertiary/aromatic N) is 2. The number of ether oxygens (including phenoxy) is 1. The van der Waals surface area contributed by atoms with Gasteiger partial charge in [-0.05, 0) is 31.9 Å². The zero-order valence-corrected chi connectivity index (χ0v) is 17.2. The number of guanidine groups is 1. The van der Waals surface area contributed by atoms with Gasteiger partial charge >= 0.3 is 0 Å². The highest BCUT2D eigenvalue weighted by Gasteiger charge is 2.24. The summed E-state index contributed by atoms with van der Waals surface area (Å²) in [5.74, 6) is 0.885. The Kier molecular flexibility index (Phi) is 11.0. The molecular formula is C18H31IN4O. The molecule has 1 heterocycles. The average Bonchev–Trinajstić information content (AvgIpc) is 3.01. The van der Waals surface area contributed by atoms with Crippen LogP contribution in [0.25, 0.3) is 0 Å². The maximum absolute atomic E-state index is 5.08. The van der Waals surface area contributed by atoms with Crippen molar-refractivity contribution in [1.29, 1.82) is 0 Å². The molecule has 1 aliphatic rings. The van der Waals surface area contributed by atoms with Gasteiger partial charge in [-0.25, -0.2) is 0 Å². The number of benzene rings is 1. The van der Waals surface area contributed by atoms with Gasteiger partial charge < -0.3 is 15.4 Å². The molecule has 1 aromatic carbocycles. The van der Waals surface area contributed by atoms with Crippen molar-refractivity contribution in [3.63, 3.8) is 0 Å². The van der Waals surface area contributed by atoms with Gasteiger partial charge in [-0.2, -0.15) is 0 Å². The second kappa shape index (κ2) is 12.5. The SMILES string of the molecule is CCNC(=NCC1CCCN1Cc1ccccc1)NCCOC.I. The van der Waals surface area contributed by atoms with E-state index in [9.17, 15) is 0 Å².